The number of hydrogen-bond acceptors (Lipinski definition) is 7. The number of piperidine rings is 1. The van der Waals surface area contributed by atoms with Crippen LogP contribution in [0.3, 0.4) is 0 Å². The molecule has 0 bridgehead atoms. The molecule has 2 aliphatic heterocycles. The normalized spacial score (nSPS) is 26.1. The third kappa shape index (κ3) is 6.04. The molecule has 2 aromatic rings. The van der Waals surface area contributed by atoms with Crippen molar-refractivity contribution in [3.05, 3.63) is 88.5 Å². The number of nitrogens with one attached hydrogen (secondary N) is 1. The maximum absolute atomic E-state index is 14.5. The molecule has 5 rings (SSSR count). The smallest absolute Gasteiger partial charge is 0.410 e. The molecule has 2 saturated heterocycles. The Hall–Kier alpha value is -4.16. The second-order valence-electron chi connectivity index (χ2n) is 12.2. The lowest BCUT2D eigenvalue weighted by atomic mass is 9.87. The summed E-state index contributed by atoms with van der Waals surface area (Å²) in [4.78, 5) is 48.1. The van der Waals surface area contributed by atoms with Gasteiger partial charge in [0.1, 0.15) is 17.0 Å². The second kappa shape index (κ2) is 11.3. The molecule has 4 atom stereocenters. The summed E-state index contributed by atoms with van der Waals surface area (Å²) in [5.41, 5.74) is 0.107. The van der Waals surface area contributed by atoms with Crippen LogP contribution in [0.5, 0.6) is 0 Å². The summed E-state index contributed by atoms with van der Waals surface area (Å²) in [5, 5.41) is 13.1. The Bertz CT molecular complexity index is 1480. The van der Waals surface area contributed by atoms with Crippen LogP contribution in [0.1, 0.15) is 55.6 Å². The van der Waals surface area contributed by atoms with Crippen molar-refractivity contribution in [1.29, 1.82) is 5.26 Å². The number of rotatable bonds is 7. The van der Waals surface area contributed by atoms with Gasteiger partial charge in [-0.15, -0.1) is 0 Å². The van der Waals surface area contributed by atoms with Gasteiger partial charge in [0.15, 0.2) is 5.78 Å². The van der Waals surface area contributed by atoms with E-state index in [1.54, 1.807) is 53.4 Å². The van der Waals surface area contributed by atoms with Crippen LogP contribution in [0, 0.1) is 23.2 Å². The van der Waals surface area contributed by atoms with Crippen molar-refractivity contribution in [2.45, 2.75) is 57.7 Å². The summed E-state index contributed by atoms with van der Waals surface area (Å²) in [6.07, 6.45) is 6.96. The molecule has 1 aromatic carbocycles. The maximum atomic E-state index is 14.5. The van der Waals surface area contributed by atoms with E-state index in [4.69, 9.17) is 21.6 Å². The van der Waals surface area contributed by atoms with Crippen LogP contribution in [0.25, 0.3) is 0 Å². The van der Waals surface area contributed by atoms with Crippen molar-refractivity contribution in [2.75, 3.05) is 13.1 Å². The number of fused-ring (bicyclic) bond motifs is 1. The highest BCUT2D eigenvalue weighted by atomic mass is 35.5. The van der Waals surface area contributed by atoms with Gasteiger partial charge in [-0.25, -0.2) is 4.79 Å². The highest BCUT2D eigenvalue weighted by Crippen LogP contribution is 2.52. The first-order chi connectivity index (χ1) is 19.9. The number of pyridine rings is 1. The summed E-state index contributed by atoms with van der Waals surface area (Å²) in [6, 6.07) is 12.0. The number of amides is 2. The van der Waals surface area contributed by atoms with Crippen molar-refractivity contribution < 1.29 is 19.1 Å². The first kappa shape index (κ1) is 29.3. The Morgan fingerprint density at radius 1 is 1.17 bits per heavy atom. The van der Waals surface area contributed by atoms with Crippen LogP contribution in [-0.4, -0.2) is 62.8 Å². The number of likely N-dealkylation sites (tertiary alicyclic amines) is 1. The molecule has 1 saturated carbocycles. The van der Waals surface area contributed by atoms with Crippen LogP contribution in [0.2, 0.25) is 0 Å². The van der Waals surface area contributed by atoms with Crippen LogP contribution in [0.15, 0.2) is 71.8 Å². The first-order valence-corrected chi connectivity index (χ1v) is 14.4. The van der Waals surface area contributed by atoms with Gasteiger partial charge in [0.25, 0.3) is 5.91 Å². The van der Waals surface area contributed by atoms with E-state index >= 15 is 0 Å². The summed E-state index contributed by atoms with van der Waals surface area (Å²) < 4.78 is 5.56. The maximum Gasteiger partial charge on any atom is 0.410 e. The lowest BCUT2D eigenvalue weighted by molar-refractivity contribution is -0.132. The average Bonchev–Trinajstić information content (AvgIpc) is 3.28. The van der Waals surface area contributed by atoms with Gasteiger partial charge in [0, 0.05) is 66.5 Å². The summed E-state index contributed by atoms with van der Waals surface area (Å²) in [5.74, 6) is 0.130. The highest BCUT2D eigenvalue weighted by molar-refractivity contribution is 6.29. The Morgan fingerprint density at radius 2 is 1.81 bits per heavy atom. The van der Waals surface area contributed by atoms with Gasteiger partial charge in [-0.2, -0.15) is 5.26 Å². The van der Waals surface area contributed by atoms with E-state index in [2.05, 4.69) is 16.4 Å². The number of hydrogen-bond donors (Lipinski definition) is 1. The van der Waals surface area contributed by atoms with Gasteiger partial charge < -0.3 is 15.0 Å². The van der Waals surface area contributed by atoms with Gasteiger partial charge in [0.05, 0.1) is 11.6 Å². The van der Waals surface area contributed by atoms with Gasteiger partial charge in [0.2, 0.25) is 0 Å². The number of carbonyl (C=O) groups excluding carboxylic acids is 3. The molecule has 42 heavy (non-hydrogen) atoms. The molecule has 0 radical (unpaired) electrons. The molecule has 3 heterocycles. The minimum absolute atomic E-state index is 0.0683. The Balaban J connectivity index is 1.47. The predicted molar refractivity (Wildman–Crippen MR) is 157 cm³/mol. The third-order valence-corrected chi connectivity index (χ3v) is 8.06. The lowest BCUT2D eigenvalue weighted by Crippen LogP contribution is -2.49. The van der Waals surface area contributed by atoms with E-state index in [0.717, 1.165) is 5.56 Å². The Labute approximate surface area is 250 Å². The first-order valence-electron chi connectivity index (χ1n) is 14.0. The number of ether oxygens (including phenoxy) is 1. The quantitative estimate of drug-likeness (QED) is 0.366. The number of allylic oxidation sites excluding steroid dienone is 2. The molecular weight excluding hydrogens is 554 g/mol. The number of nitriles is 1. The average molecular weight is 588 g/mol. The molecule has 0 spiro atoms. The number of nitrogens with zero attached hydrogens (tertiary/aromatic N) is 4. The molecule has 9 nitrogen and oxygen atoms in total. The molecule has 2 unspecified atom stereocenters. The number of carbonyl (C=O) groups is 3. The largest absolute Gasteiger partial charge is 0.444 e. The van der Waals surface area contributed by atoms with Gasteiger partial charge >= 0.3 is 6.09 Å². The van der Waals surface area contributed by atoms with E-state index in [9.17, 15) is 14.4 Å². The number of benzene rings is 1. The monoisotopic (exact) mass is 587 g/mol. The number of halogens is 1. The number of aromatic nitrogens is 1. The molecule has 3 fully saturated rings. The van der Waals surface area contributed by atoms with Gasteiger partial charge in [-0.1, -0.05) is 17.7 Å². The van der Waals surface area contributed by atoms with Crippen molar-refractivity contribution >= 4 is 29.4 Å². The zero-order valence-corrected chi connectivity index (χ0v) is 24.9. The fourth-order valence-electron chi connectivity index (χ4n) is 5.86. The van der Waals surface area contributed by atoms with Crippen molar-refractivity contribution in [1.82, 2.24) is 20.1 Å². The molecule has 1 aromatic heterocycles. The molecule has 2 amide bonds. The minimum atomic E-state index is -1.07. The van der Waals surface area contributed by atoms with E-state index < -0.39 is 11.1 Å². The standard InChI is InChI=1S/C32H34ClN5O4/c1-20(33)9-12-32(16-21-10-13-35-14-11-21)29(40)38(27(36-32)15-26(39)23-7-5-22(17-34)6-8-23)28-24-18-37(19-25(24)28)30(41)42-31(2,3)4/h5-11,13-15,24-25,28,36H,12,16,18-19H2,1-4H3/b20-9-,27-15+/t24-,25+,28?,32?. The van der Waals surface area contributed by atoms with Crippen molar-refractivity contribution in [2.24, 2.45) is 11.8 Å². The van der Waals surface area contributed by atoms with Crippen molar-refractivity contribution in [3.63, 3.8) is 0 Å². The zero-order chi connectivity index (χ0) is 30.2. The Kier molecular flexibility index (Phi) is 7.86. The van der Waals surface area contributed by atoms with Crippen LogP contribution in [0.4, 0.5) is 4.79 Å². The summed E-state index contributed by atoms with van der Waals surface area (Å²) in [7, 11) is 0. The molecule has 218 valence electrons. The molecule has 10 heteroatoms. The van der Waals surface area contributed by atoms with Crippen LogP contribution in [-0.2, 0) is 16.0 Å². The highest BCUT2D eigenvalue weighted by Gasteiger charge is 2.65. The van der Waals surface area contributed by atoms with Crippen LogP contribution < -0.4 is 5.32 Å². The summed E-state index contributed by atoms with van der Waals surface area (Å²) >= 11 is 6.23. The molecular formula is C32H34ClN5O4. The molecule has 3 aliphatic rings. The Morgan fingerprint density at radius 3 is 2.38 bits per heavy atom. The fourth-order valence-corrected chi connectivity index (χ4v) is 5.94. The minimum Gasteiger partial charge on any atom is -0.444 e. The topological polar surface area (TPSA) is 116 Å². The van der Waals surface area contributed by atoms with Gasteiger partial charge in [-0.3, -0.25) is 19.5 Å². The van der Waals surface area contributed by atoms with E-state index in [-0.39, 0.29) is 35.7 Å². The van der Waals surface area contributed by atoms with Crippen LogP contribution >= 0.6 is 11.6 Å². The molecule has 1 aliphatic carbocycles. The molecule has 1 N–H and O–H groups in total. The van der Waals surface area contributed by atoms with E-state index in [1.807, 2.05) is 39.0 Å². The SMILES string of the molecule is C/C(Cl)=C/CC1(Cc2ccncc2)N/C(=C\C(=O)c2ccc(C#N)cc2)N(C2[C@H]3CN(C(=O)OC(C)(C)C)C[C@@H]23)C1=O. The van der Waals surface area contributed by atoms with Crippen molar-refractivity contribution in [3.8, 4) is 6.07 Å². The fraction of sp³-hybridized carbons (Fsp3) is 0.406. The summed E-state index contributed by atoms with van der Waals surface area (Å²) in [6.45, 7) is 8.22. The second-order valence-corrected chi connectivity index (χ2v) is 12.8. The number of ketones is 1. The van der Waals surface area contributed by atoms with Gasteiger partial charge in [-0.05, 0) is 76.1 Å². The third-order valence-electron chi connectivity index (χ3n) is 7.91. The predicted octanol–water partition coefficient (Wildman–Crippen LogP) is 4.79. The lowest BCUT2D eigenvalue weighted by Gasteiger charge is -2.28. The van der Waals surface area contributed by atoms with E-state index in [1.165, 1.54) is 6.08 Å². The zero-order valence-electron chi connectivity index (χ0n) is 24.1. The van der Waals surface area contributed by atoms with E-state index in [0.29, 0.717) is 47.9 Å².